The van der Waals surface area contributed by atoms with Gasteiger partial charge in [-0.05, 0) is 28.1 Å². The average Bonchev–Trinajstić information content (AvgIpc) is 2.92. The Kier molecular flexibility index (Phi) is 7.96. The maximum atomic E-state index is 12.0. The number of azide groups is 1. The van der Waals surface area contributed by atoms with Crippen molar-refractivity contribution in [3.05, 3.63) is 148 Å². The highest BCUT2D eigenvalue weighted by atomic mass is 16.5. The van der Waals surface area contributed by atoms with Gasteiger partial charge in [0, 0.05) is 34.2 Å². The lowest BCUT2D eigenvalue weighted by atomic mass is 9.89. The van der Waals surface area contributed by atoms with Crippen molar-refractivity contribution in [2.45, 2.75) is 13.0 Å². The van der Waals surface area contributed by atoms with E-state index in [1.807, 2.05) is 91.0 Å². The van der Waals surface area contributed by atoms with Gasteiger partial charge in [0.15, 0.2) is 6.10 Å². The molecule has 0 amide bonds. The van der Waals surface area contributed by atoms with Gasteiger partial charge in [-0.3, -0.25) is 4.79 Å². The number of carbonyl (C=O) groups excluding carboxylic acids is 1. The molecular formula is C31H23N3O2. The van der Waals surface area contributed by atoms with Gasteiger partial charge in [0.2, 0.25) is 0 Å². The Hall–Kier alpha value is -5.04. The minimum atomic E-state index is -0.921. The summed E-state index contributed by atoms with van der Waals surface area (Å²) >= 11 is 0. The van der Waals surface area contributed by atoms with Gasteiger partial charge < -0.3 is 4.74 Å². The minimum absolute atomic E-state index is 0.358. The molecule has 5 heteroatoms. The third kappa shape index (κ3) is 5.90. The molecule has 0 aliphatic heterocycles. The molecule has 0 N–H and O–H groups in total. The van der Waals surface area contributed by atoms with Crippen LogP contribution in [-0.2, 0) is 9.53 Å². The fraction of sp³-hybridized carbons (Fsp3) is 0.0645. The van der Waals surface area contributed by atoms with E-state index in [0.717, 1.165) is 27.8 Å². The molecule has 0 saturated carbocycles. The lowest BCUT2D eigenvalue weighted by Gasteiger charge is -2.15. The maximum absolute atomic E-state index is 12.0. The lowest BCUT2D eigenvalue weighted by Crippen LogP contribution is -2.07. The van der Waals surface area contributed by atoms with Gasteiger partial charge >= 0.3 is 5.97 Å². The quantitative estimate of drug-likeness (QED) is 0.0719. The van der Waals surface area contributed by atoms with Gasteiger partial charge in [0.1, 0.15) is 0 Å². The number of rotatable bonds is 6. The highest BCUT2D eigenvalue weighted by molar-refractivity contribution is 6.04. The minimum Gasteiger partial charge on any atom is -0.444 e. The van der Waals surface area contributed by atoms with Crippen molar-refractivity contribution in [1.29, 1.82) is 0 Å². The van der Waals surface area contributed by atoms with Crippen LogP contribution in [-0.4, -0.2) is 5.97 Å². The van der Waals surface area contributed by atoms with Crippen molar-refractivity contribution in [2.75, 3.05) is 0 Å². The van der Waals surface area contributed by atoms with E-state index in [2.05, 4.69) is 21.9 Å². The first-order chi connectivity index (χ1) is 17.7. The first-order valence-corrected chi connectivity index (χ1v) is 11.4. The zero-order valence-electron chi connectivity index (χ0n) is 19.7. The zero-order chi connectivity index (χ0) is 25.2. The van der Waals surface area contributed by atoms with E-state index in [4.69, 9.17) is 10.3 Å². The Balaban J connectivity index is 1.98. The topological polar surface area (TPSA) is 75.1 Å². The summed E-state index contributed by atoms with van der Waals surface area (Å²) in [4.78, 5) is 14.9. The number of ether oxygens (including phenoxy) is 1. The number of carbonyl (C=O) groups is 1. The van der Waals surface area contributed by atoms with Gasteiger partial charge in [-0.2, -0.15) is 0 Å². The second kappa shape index (κ2) is 11.9. The van der Waals surface area contributed by atoms with Crippen molar-refractivity contribution in [1.82, 2.24) is 0 Å². The molecule has 1 unspecified atom stereocenters. The molecule has 0 aliphatic rings. The van der Waals surface area contributed by atoms with Crippen LogP contribution in [0, 0.1) is 11.8 Å². The number of hydrogen-bond acceptors (Lipinski definition) is 3. The molecule has 1 atom stereocenters. The van der Waals surface area contributed by atoms with E-state index in [9.17, 15) is 4.79 Å². The number of hydrogen-bond donors (Lipinski definition) is 0. The van der Waals surface area contributed by atoms with Crippen LogP contribution in [0.5, 0.6) is 0 Å². The van der Waals surface area contributed by atoms with Crippen LogP contribution in [0.3, 0.4) is 0 Å². The van der Waals surface area contributed by atoms with Gasteiger partial charge in [0.25, 0.3) is 0 Å². The van der Waals surface area contributed by atoms with Crippen molar-refractivity contribution in [3.8, 4) is 11.8 Å². The molecule has 4 aromatic carbocycles. The molecule has 0 radical (unpaired) electrons. The second-order valence-corrected chi connectivity index (χ2v) is 7.86. The third-order valence-corrected chi connectivity index (χ3v) is 5.42. The summed E-state index contributed by atoms with van der Waals surface area (Å²) in [6, 6.07) is 37.0. The summed E-state index contributed by atoms with van der Waals surface area (Å²) < 4.78 is 5.58. The van der Waals surface area contributed by atoms with Gasteiger partial charge in [0.05, 0.1) is 0 Å². The molecule has 5 nitrogen and oxygen atoms in total. The number of benzene rings is 4. The molecule has 0 aromatic heterocycles. The highest BCUT2D eigenvalue weighted by Gasteiger charge is 2.17. The predicted octanol–water partition coefficient (Wildman–Crippen LogP) is 7.90. The fourth-order valence-corrected chi connectivity index (χ4v) is 3.87. The van der Waals surface area contributed by atoms with E-state index in [1.54, 1.807) is 24.3 Å². The normalized spacial score (nSPS) is 10.7. The molecule has 0 spiro atoms. The van der Waals surface area contributed by atoms with E-state index in [1.165, 1.54) is 6.92 Å². The lowest BCUT2D eigenvalue weighted by molar-refractivity contribution is -0.144. The predicted molar refractivity (Wildman–Crippen MR) is 143 cm³/mol. The SMILES string of the molecule is CC(=O)OC(C#CC(=C(c1ccccc1)c1ccccc1)c1ccccc1)c1ccccc1N=[N+]=[N-]. The summed E-state index contributed by atoms with van der Waals surface area (Å²) in [5.41, 5.74) is 14.6. The summed E-state index contributed by atoms with van der Waals surface area (Å²) in [5, 5.41) is 3.76. The molecule has 174 valence electrons. The van der Waals surface area contributed by atoms with Crippen LogP contribution < -0.4 is 0 Å². The van der Waals surface area contributed by atoms with Gasteiger partial charge in [-0.15, -0.1) is 0 Å². The molecule has 36 heavy (non-hydrogen) atoms. The molecule has 4 rings (SSSR count). The van der Waals surface area contributed by atoms with Crippen molar-refractivity contribution >= 4 is 22.8 Å². The fourth-order valence-electron chi connectivity index (χ4n) is 3.87. The van der Waals surface area contributed by atoms with Crippen LogP contribution in [0.25, 0.3) is 21.6 Å². The highest BCUT2D eigenvalue weighted by Crippen LogP contribution is 2.33. The largest absolute Gasteiger partial charge is 0.444 e. The van der Waals surface area contributed by atoms with E-state index in [-0.39, 0.29) is 0 Å². The van der Waals surface area contributed by atoms with Crippen LogP contribution in [0.1, 0.15) is 35.3 Å². The number of allylic oxidation sites excluding steroid dienone is 1. The number of nitrogens with zero attached hydrogens (tertiary/aromatic N) is 3. The van der Waals surface area contributed by atoms with Gasteiger partial charge in [-0.25, -0.2) is 0 Å². The first kappa shape index (κ1) is 24.1. The maximum Gasteiger partial charge on any atom is 0.304 e. The standard InChI is InChI=1S/C31H23N3O2/c1-23(35)36-30(28-19-11-12-20-29(28)33-34-32)22-21-27(24-13-5-2-6-14-24)31(25-15-7-3-8-16-25)26-17-9-4-10-18-26/h2-20,30H,1H3. The molecule has 0 bridgehead atoms. The van der Waals surface area contributed by atoms with Crippen molar-refractivity contribution in [2.24, 2.45) is 5.11 Å². The second-order valence-electron chi connectivity index (χ2n) is 7.86. The Morgan fingerprint density at radius 2 is 1.28 bits per heavy atom. The molecule has 0 aliphatic carbocycles. The molecule has 0 fully saturated rings. The first-order valence-electron chi connectivity index (χ1n) is 11.4. The van der Waals surface area contributed by atoms with E-state index < -0.39 is 12.1 Å². The Morgan fingerprint density at radius 1 is 0.778 bits per heavy atom. The Labute approximate surface area is 210 Å². The van der Waals surface area contributed by atoms with Crippen LogP contribution in [0.15, 0.2) is 120 Å². The van der Waals surface area contributed by atoms with Crippen LogP contribution in [0.4, 0.5) is 5.69 Å². The summed E-state index contributed by atoms with van der Waals surface area (Å²) in [6.45, 7) is 1.33. The van der Waals surface area contributed by atoms with Crippen molar-refractivity contribution < 1.29 is 9.53 Å². The summed E-state index contributed by atoms with van der Waals surface area (Å²) in [7, 11) is 0. The van der Waals surface area contributed by atoms with Crippen LogP contribution in [0.2, 0.25) is 0 Å². The van der Waals surface area contributed by atoms with E-state index >= 15 is 0 Å². The Bertz CT molecular complexity index is 1440. The smallest absolute Gasteiger partial charge is 0.304 e. The van der Waals surface area contributed by atoms with Gasteiger partial charge in [-0.1, -0.05) is 126 Å². The average molecular weight is 470 g/mol. The van der Waals surface area contributed by atoms with Crippen molar-refractivity contribution in [3.63, 3.8) is 0 Å². The monoisotopic (exact) mass is 469 g/mol. The Morgan fingerprint density at radius 3 is 1.81 bits per heavy atom. The zero-order valence-corrected chi connectivity index (χ0v) is 19.7. The van der Waals surface area contributed by atoms with E-state index in [0.29, 0.717) is 11.3 Å². The van der Waals surface area contributed by atoms with Crippen LogP contribution >= 0.6 is 0 Å². The number of esters is 1. The molecular weight excluding hydrogens is 446 g/mol. The molecule has 0 heterocycles. The third-order valence-electron chi connectivity index (χ3n) is 5.42. The summed E-state index contributed by atoms with van der Waals surface area (Å²) in [6.07, 6.45) is -0.921. The molecule has 0 saturated heterocycles. The molecule has 4 aromatic rings. The summed E-state index contributed by atoms with van der Waals surface area (Å²) in [5.74, 6) is 5.99.